The lowest BCUT2D eigenvalue weighted by Gasteiger charge is -2.19. The van der Waals surface area contributed by atoms with Crippen LogP contribution in [0.4, 0.5) is 4.39 Å². The number of hydrogen-bond acceptors (Lipinski definition) is 2. The molecule has 2 aromatic rings. The zero-order chi connectivity index (χ0) is 15.2. The fourth-order valence-corrected chi connectivity index (χ4v) is 3.59. The van der Waals surface area contributed by atoms with Crippen LogP contribution in [0.2, 0.25) is 10.0 Å². The molecule has 0 heterocycles. The lowest BCUT2D eigenvalue weighted by Crippen LogP contribution is -2.23. The summed E-state index contributed by atoms with van der Waals surface area (Å²) in [5, 5.41) is 4.64. The minimum Gasteiger partial charge on any atom is -0.309 e. The maximum atomic E-state index is 13.5. The Kier molecular flexibility index (Phi) is 6.37. The van der Waals surface area contributed by atoms with Gasteiger partial charge >= 0.3 is 0 Å². The average molecular weight is 344 g/mol. The van der Waals surface area contributed by atoms with Gasteiger partial charge in [0.25, 0.3) is 0 Å². The monoisotopic (exact) mass is 343 g/mol. The summed E-state index contributed by atoms with van der Waals surface area (Å²) in [5.74, 6) is 0.445. The molecule has 0 amide bonds. The van der Waals surface area contributed by atoms with E-state index in [1.807, 2.05) is 31.2 Å². The van der Waals surface area contributed by atoms with Crippen LogP contribution in [0.25, 0.3) is 0 Å². The van der Waals surface area contributed by atoms with Gasteiger partial charge in [0, 0.05) is 21.7 Å². The first-order valence-electron chi connectivity index (χ1n) is 6.67. The molecule has 0 aromatic heterocycles. The van der Waals surface area contributed by atoms with Gasteiger partial charge in [0.2, 0.25) is 0 Å². The molecule has 2 rings (SSSR count). The number of hydrogen-bond donors (Lipinski definition) is 1. The standard InChI is InChI=1S/C16H16Cl2FNS/c1-2-20-15(12-9-11(19)7-8-13(12)17)10-21-16-6-4-3-5-14(16)18/h3-9,15,20H,2,10H2,1H3. The number of benzene rings is 2. The molecule has 0 spiro atoms. The molecule has 0 saturated heterocycles. The molecule has 0 aliphatic heterocycles. The second-order valence-corrected chi connectivity index (χ2v) is 6.39. The number of nitrogens with one attached hydrogen (secondary N) is 1. The molecule has 0 aliphatic rings. The van der Waals surface area contributed by atoms with Crippen LogP contribution in [-0.2, 0) is 0 Å². The fraction of sp³-hybridized carbons (Fsp3) is 0.250. The molecule has 1 unspecified atom stereocenters. The van der Waals surface area contributed by atoms with Gasteiger partial charge in [0.15, 0.2) is 0 Å². The van der Waals surface area contributed by atoms with Gasteiger partial charge in [-0.15, -0.1) is 11.8 Å². The molecule has 0 aliphatic carbocycles. The molecule has 1 N–H and O–H groups in total. The summed E-state index contributed by atoms with van der Waals surface area (Å²) in [6.07, 6.45) is 0. The van der Waals surface area contributed by atoms with Gasteiger partial charge in [-0.05, 0) is 42.4 Å². The highest BCUT2D eigenvalue weighted by Crippen LogP contribution is 2.32. The Morgan fingerprint density at radius 1 is 1.14 bits per heavy atom. The highest BCUT2D eigenvalue weighted by molar-refractivity contribution is 7.99. The number of halogens is 3. The van der Waals surface area contributed by atoms with Crippen molar-refractivity contribution in [1.82, 2.24) is 5.32 Å². The van der Waals surface area contributed by atoms with Crippen LogP contribution in [-0.4, -0.2) is 12.3 Å². The van der Waals surface area contributed by atoms with Crippen molar-refractivity contribution in [3.05, 3.63) is 63.9 Å². The van der Waals surface area contributed by atoms with Crippen LogP contribution in [0.1, 0.15) is 18.5 Å². The van der Waals surface area contributed by atoms with Crippen molar-refractivity contribution in [3.63, 3.8) is 0 Å². The van der Waals surface area contributed by atoms with Crippen LogP contribution < -0.4 is 5.32 Å². The van der Waals surface area contributed by atoms with Crippen LogP contribution in [0, 0.1) is 5.82 Å². The molecule has 0 saturated carbocycles. The van der Waals surface area contributed by atoms with E-state index in [0.29, 0.717) is 5.02 Å². The van der Waals surface area contributed by atoms with E-state index in [1.54, 1.807) is 17.8 Å². The molecule has 1 nitrogen and oxygen atoms in total. The zero-order valence-electron chi connectivity index (χ0n) is 11.6. The first-order chi connectivity index (χ1) is 10.1. The normalized spacial score (nSPS) is 12.4. The molecule has 2 aromatic carbocycles. The Balaban J connectivity index is 2.16. The van der Waals surface area contributed by atoms with E-state index in [9.17, 15) is 4.39 Å². The van der Waals surface area contributed by atoms with Gasteiger partial charge in [-0.3, -0.25) is 0 Å². The minimum atomic E-state index is -0.278. The number of thioether (sulfide) groups is 1. The summed E-state index contributed by atoms with van der Waals surface area (Å²) in [6.45, 7) is 2.79. The summed E-state index contributed by atoms with van der Waals surface area (Å²) in [6, 6.07) is 12.1. The van der Waals surface area contributed by atoms with Crippen LogP contribution >= 0.6 is 35.0 Å². The van der Waals surface area contributed by atoms with Crippen molar-refractivity contribution >= 4 is 35.0 Å². The Morgan fingerprint density at radius 2 is 1.90 bits per heavy atom. The minimum absolute atomic E-state index is 0.0283. The van der Waals surface area contributed by atoms with Crippen LogP contribution in [0.15, 0.2) is 47.4 Å². The fourth-order valence-electron chi connectivity index (χ4n) is 2.02. The van der Waals surface area contributed by atoms with E-state index in [0.717, 1.165) is 27.8 Å². The van der Waals surface area contributed by atoms with Crippen molar-refractivity contribution < 1.29 is 4.39 Å². The lowest BCUT2D eigenvalue weighted by atomic mass is 10.1. The Hall–Kier alpha value is -0.740. The Morgan fingerprint density at radius 3 is 2.62 bits per heavy atom. The number of rotatable bonds is 6. The molecule has 0 radical (unpaired) electrons. The topological polar surface area (TPSA) is 12.0 Å². The lowest BCUT2D eigenvalue weighted by molar-refractivity contribution is 0.589. The van der Waals surface area contributed by atoms with E-state index in [2.05, 4.69) is 5.32 Å². The van der Waals surface area contributed by atoms with E-state index in [-0.39, 0.29) is 11.9 Å². The molecule has 21 heavy (non-hydrogen) atoms. The van der Waals surface area contributed by atoms with Gasteiger partial charge in [-0.1, -0.05) is 42.3 Å². The van der Waals surface area contributed by atoms with Gasteiger partial charge in [0.1, 0.15) is 5.82 Å². The van der Waals surface area contributed by atoms with Gasteiger partial charge in [-0.2, -0.15) is 0 Å². The quantitative estimate of drug-likeness (QED) is 0.687. The molecule has 0 fully saturated rings. The first-order valence-corrected chi connectivity index (χ1v) is 8.41. The molecular weight excluding hydrogens is 328 g/mol. The molecule has 112 valence electrons. The van der Waals surface area contributed by atoms with E-state index < -0.39 is 0 Å². The van der Waals surface area contributed by atoms with Crippen molar-refractivity contribution in [1.29, 1.82) is 0 Å². The Bertz CT molecular complexity index is 607. The highest BCUT2D eigenvalue weighted by atomic mass is 35.5. The van der Waals surface area contributed by atoms with Gasteiger partial charge in [0.05, 0.1) is 5.02 Å². The second kappa shape index (κ2) is 8.04. The van der Waals surface area contributed by atoms with Crippen molar-refractivity contribution in [2.75, 3.05) is 12.3 Å². The molecular formula is C16H16Cl2FNS. The molecule has 5 heteroatoms. The van der Waals surface area contributed by atoms with Crippen LogP contribution in [0.5, 0.6) is 0 Å². The summed E-state index contributed by atoms with van der Waals surface area (Å²) in [7, 11) is 0. The third-order valence-corrected chi connectivity index (χ3v) is 4.98. The summed E-state index contributed by atoms with van der Waals surface area (Å²) < 4.78 is 13.5. The highest BCUT2D eigenvalue weighted by Gasteiger charge is 2.15. The third-order valence-electron chi connectivity index (χ3n) is 3.03. The van der Waals surface area contributed by atoms with Gasteiger partial charge in [-0.25, -0.2) is 4.39 Å². The second-order valence-electron chi connectivity index (χ2n) is 4.52. The Labute approximate surface area is 138 Å². The summed E-state index contributed by atoms with van der Waals surface area (Å²) in [4.78, 5) is 1.01. The van der Waals surface area contributed by atoms with E-state index in [1.165, 1.54) is 12.1 Å². The third kappa shape index (κ3) is 4.62. The predicted molar refractivity (Wildman–Crippen MR) is 90.0 cm³/mol. The summed E-state index contributed by atoms with van der Waals surface area (Å²) >= 11 is 14.0. The average Bonchev–Trinajstić information content (AvgIpc) is 2.48. The SMILES string of the molecule is CCNC(CSc1ccccc1Cl)c1cc(F)ccc1Cl. The van der Waals surface area contributed by atoms with Crippen molar-refractivity contribution in [3.8, 4) is 0 Å². The molecule has 0 bridgehead atoms. The largest absolute Gasteiger partial charge is 0.309 e. The van der Waals surface area contributed by atoms with E-state index in [4.69, 9.17) is 23.2 Å². The van der Waals surface area contributed by atoms with Crippen molar-refractivity contribution in [2.24, 2.45) is 0 Å². The smallest absolute Gasteiger partial charge is 0.123 e. The van der Waals surface area contributed by atoms with Crippen LogP contribution in [0.3, 0.4) is 0 Å². The zero-order valence-corrected chi connectivity index (χ0v) is 13.9. The van der Waals surface area contributed by atoms with E-state index >= 15 is 0 Å². The predicted octanol–water partition coefficient (Wildman–Crippen LogP) is 5.58. The summed E-state index contributed by atoms with van der Waals surface area (Å²) in [5.41, 5.74) is 0.776. The van der Waals surface area contributed by atoms with Gasteiger partial charge < -0.3 is 5.32 Å². The maximum Gasteiger partial charge on any atom is 0.123 e. The first kappa shape index (κ1) is 16.6. The maximum absolute atomic E-state index is 13.5. The van der Waals surface area contributed by atoms with Crippen molar-refractivity contribution in [2.45, 2.75) is 17.9 Å². The molecule has 1 atom stereocenters.